The summed E-state index contributed by atoms with van der Waals surface area (Å²) in [5, 5.41) is 10.3. The van der Waals surface area contributed by atoms with E-state index < -0.39 is 29.4 Å². The second-order valence-corrected chi connectivity index (χ2v) is 14.6. The maximum atomic E-state index is 17.3. The molecule has 2 saturated heterocycles. The van der Waals surface area contributed by atoms with Gasteiger partial charge in [-0.3, -0.25) is 4.90 Å². The number of nitrogens with zero attached hydrogens (tertiary/aromatic N) is 6. The summed E-state index contributed by atoms with van der Waals surface area (Å²) in [6, 6.07) is 7.82. The Morgan fingerprint density at radius 3 is 2.78 bits per heavy atom. The molecule has 4 N–H and O–H groups in total. The molecule has 0 radical (unpaired) electrons. The van der Waals surface area contributed by atoms with Gasteiger partial charge in [0.15, 0.2) is 11.6 Å². The highest BCUT2D eigenvalue weighted by Crippen LogP contribution is 2.51. The smallest absolute Gasteiger partial charge is 0.319 e. The third-order valence-electron chi connectivity index (χ3n) is 10.2. The molecule has 0 unspecified atom stereocenters. The van der Waals surface area contributed by atoms with E-state index in [0.717, 1.165) is 42.0 Å². The van der Waals surface area contributed by atoms with Crippen molar-refractivity contribution in [2.75, 3.05) is 49.2 Å². The lowest BCUT2D eigenvalue weighted by Gasteiger charge is -2.32. The molecule has 6 heterocycles. The average molecular weight is 721 g/mol. The molecule has 2 aromatic carbocycles. The highest BCUT2D eigenvalue weighted by molar-refractivity contribution is 7.23. The highest BCUT2D eigenvalue weighted by Gasteiger charge is 2.49. The predicted octanol–water partition coefficient (Wildman–Crippen LogP) is 7.10. The zero-order chi connectivity index (χ0) is 35.1. The zero-order valence-electron chi connectivity index (χ0n) is 27.2. The van der Waals surface area contributed by atoms with Crippen molar-refractivity contribution >= 4 is 60.6 Å². The minimum Gasteiger partial charge on any atom is -0.489 e. The fourth-order valence-corrected chi connectivity index (χ4v) is 9.16. The molecule has 5 aromatic rings. The Kier molecular flexibility index (Phi) is 7.85. The van der Waals surface area contributed by atoms with Gasteiger partial charge in [0.25, 0.3) is 0 Å². The third-order valence-corrected chi connectivity index (χ3v) is 11.6. The normalized spacial score (nSPS) is 20.9. The van der Waals surface area contributed by atoms with E-state index in [4.69, 9.17) is 37.5 Å². The van der Waals surface area contributed by atoms with E-state index in [1.54, 1.807) is 0 Å². The molecule has 0 saturated carbocycles. The predicted molar refractivity (Wildman–Crippen MR) is 188 cm³/mol. The number of nitrogens with two attached hydrogens (primary N) is 2. The van der Waals surface area contributed by atoms with Crippen LogP contribution in [0, 0.1) is 29.9 Å². The van der Waals surface area contributed by atoms with Crippen molar-refractivity contribution in [3.8, 4) is 29.0 Å². The van der Waals surface area contributed by atoms with Gasteiger partial charge in [-0.15, -0.1) is 11.3 Å². The molecular weight excluding hydrogens is 689 g/mol. The van der Waals surface area contributed by atoms with E-state index in [9.17, 15) is 9.65 Å². The lowest BCUT2D eigenvalue weighted by molar-refractivity contribution is 0.107. The molecule has 3 atom stereocenters. The molecule has 3 aliphatic rings. The molecule has 3 aromatic heterocycles. The maximum absolute atomic E-state index is 17.3. The van der Waals surface area contributed by atoms with E-state index in [-0.39, 0.29) is 72.7 Å². The SMILES string of the molecule is Cc1ccc([C@@H](C)N2CCOc3c(Cl)c(-c4ccc(F)c5sc(N)c(C#N)c45)c(F)c4nc(OC[C@@]56CCCN5C[C@H](F)C6)nc2c34)c(N)n1. The summed E-state index contributed by atoms with van der Waals surface area (Å²) in [5.74, 6) is -0.680. The van der Waals surface area contributed by atoms with Crippen molar-refractivity contribution in [3.63, 3.8) is 0 Å². The number of pyridine rings is 1. The molecule has 0 aliphatic carbocycles. The van der Waals surface area contributed by atoms with Gasteiger partial charge in [-0.2, -0.15) is 15.2 Å². The second kappa shape index (κ2) is 12.0. The molecule has 50 heavy (non-hydrogen) atoms. The molecule has 15 heteroatoms. The first-order valence-electron chi connectivity index (χ1n) is 16.3. The van der Waals surface area contributed by atoms with Crippen LogP contribution in [0.25, 0.3) is 32.1 Å². The number of alkyl halides is 1. The number of hydrogen-bond donors (Lipinski definition) is 2. The van der Waals surface area contributed by atoms with Gasteiger partial charge in [0, 0.05) is 35.2 Å². The number of thiophene rings is 1. The monoisotopic (exact) mass is 720 g/mol. The van der Waals surface area contributed by atoms with Gasteiger partial charge in [0.1, 0.15) is 53.4 Å². The van der Waals surface area contributed by atoms with Gasteiger partial charge in [-0.1, -0.05) is 23.7 Å². The van der Waals surface area contributed by atoms with Crippen LogP contribution in [0.2, 0.25) is 5.02 Å². The van der Waals surface area contributed by atoms with E-state index in [2.05, 4.69) is 14.9 Å². The molecule has 0 spiro atoms. The Morgan fingerprint density at radius 2 is 2.00 bits per heavy atom. The van der Waals surface area contributed by atoms with Crippen molar-refractivity contribution in [1.82, 2.24) is 19.9 Å². The van der Waals surface area contributed by atoms with E-state index in [0.29, 0.717) is 31.1 Å². The van der Waals surface area contributed by atoms with Crippen LogP contribution >= 0.6 is 22.9 Å². The van der Waals surface area contributed by atoms with Gasteiger partial charge in [0.2, 0.25) is 0 Å². The van der Waals surface area contributed by atoms with Crippen LogP contribution in [0.15, 0.2) is 24.3 Å². The average Bonchev–Trinajstić information content (AvgIpc) is 3.68. The van der Waals surface area contributed by atoms with Crippen LogP contribution < -0.4 is 25.8 Å². The Balaban J connectivity index is 1.35. The van der Waals surface area contributed by atoms with Crippen molar-refractivity contribution in [1.29, 1.82) is 5.26 Å². The van der Waals surface area contributed by atoms with Crippen LogP contribution in [0.3, 0.4) is 0 Å². The van der Waals surface area contributed by atoms with E-state index in [1.165, 1.54) is 12.1 Å². The molecule has 0 bridgehead atoms. The Morgan fingerprint density at radius 1 is 1.18 bits per heavy atom. The van der Waals surface area contributed by atoms with Crippen LogP contribution in [0.5, 0.6) is 11.8 Å². The van der Waals surface area contributed by atoms with E-state index >= 15 is 8.78 Å². The van der Waals surface area contributed by atoms with Crippen molar-refractivity contribution in [2.45, 2.75) is 50.9 Å². The number of anilines is 3. The number of rotatable bonds is 6. The summed E-state index contributed by atoms with van der Waals surface area (Å²) in [4.78, 5) is 17.9. The summed E-state index contributed by atoms with van der Waals surface area (Å²) in [6.45, 7) is 5.43. The van der Waals surface area contributed by atoms with Crippen LogP contribution in [0.1, 0.15) is 49.0 Å². The summed E-state index contributed by atoms with van der Waals surface area (Å²) in [5.41, 5.74) is 13.4. The Bertz CT molecular complexity index is 2260. The summed E-state index contributed by atoms with van der Waals surface area (Å²) in [7, 11) is 0. The first-order chi connectivity index (χ1) is 24.0. The van der Waals surface area contributed by atoms with Gasteiger partial charge >= 0.3 is 6.01 Å². The fourth-order valence-electron chi connectivity index (χ4n) is 7.87. The van der Waals surface area contributed by atoms with E-state index in [1.807, 2.05) is 36.9 Å². The molecule has 3 aliphatic heterocycles. The minimum atomic E-state index is -0.968. The number of ether oxygens (including phenoxy) is 2. The molecular formula is C35H32ClF3N8O2S. The molecule has 8 rings (SSSR count). The number of hydrogen-bond acceptors (Lipinski definition) is 11. The summed E-state index contributed by atoms with van der Waals surface area (Å²) < 4.78 is 59.6. The summed E-state index contributed by atoms with van der Waals surface area (Å²) >= 11 is 7.95. The van der Waals surface area contributed by atoms with Crippen LogP contribution in [-0.4, -0.2) is 64.4 Å². The number of aryl methyl sites for hydroxylation is 1. The standard InChI is InChI=1S/C35H32ClF3N8O2S/c1-16-4-5-19(31(41)43-16)17(2)47-10-11-48-29-25-28(44-34(45-33(25)47)49-15-35-8-3-9-46(35)14-18(37)12-35)27(39)24(26(29)36)20-6-7-22(38)30-23(20)21(13-40)32(42)50-30/h4-7,17-18H,3,8-12,14-15,42H2,1-2H3,(H2,41,43)/t17-,18-,35+/m1/s1. The lowest BCUT2D eigenvalue weighted by atomic mass is 9.95. The summed E-state index contributed by atoms with van der Waals surface area (Å²) in [6.07, 6.45) is 1.03. The molecule has 0 amide bonds. The zero-order valence-corrected chi connectivity index (χ0v) is 28.8. The van der Waals surface area contributed by atoms with Crippen molar-refractivity contribution in [3.05, 3.63) is 57.7 Å². The van der Waals surface area contributed by atoms with Crippen molar-refractivity contribution < 1.29 is 22.6 Å². The molecule has 258 valence electrons. The lowest BCUT2D eigenvalue weighted by Crippen LogP contribution is -2.43. The first-order valence-corrected chi connectivity index (χ1v) is 17.5. The minimum absolute atomic E-state index is 0.0154. The van der Waals surface area contributed by atoms with Gasteiger partial charge in [-0.25, -0.2) is 18.2 Å². The number of benzene rings is 2. The van der Waals surface area contributed by atoms with Crippen LogP contribution in [0.4, 0.5) is 29.8 Å². The number of nitrogen functional groups attached to an aromatic ring is 2. The number of nitriles is 1. The quantitative estimate of drug-likeness (QED) is 0.187. The molecule has 10 nitrogen and oxygen atoms in total. The highest BCUT2D eigenvalue weighted by atomic mass is 35.5. The third kappa shape index (κ3) is 4.97. The van der Waals surface area contributed by atoms with Gasteiger partial charge < -0.3 is 25.8 Å². The second-order valence-electron chi connectivity index (χ2n) is 13.1. The largest absolute Gasteiger partial charge is 0.489 e. The first kappa shape index (κ1) is 32.6. The number of fused-ring (bicyclic) bond motifs is 2. The maximum Gasteiger partial charge on any atom is 0.319 e. The number of aromatic nitrogens is 3. The topological polar surface area (TPSA) is 139 Å². The van der Waals surface area contributed by atoms with Crippen molar-refractivity contribution in [2.24, 2.45) is 0 Å². The molecule has 2 fully saturated rings. The van der Waals surface area contributed by atoms with Gasteiger partial charge in [-0.05, 0) is 50.9 Å². The fraction of sp³-hybridized carbons (Fsp3) is 0.371. The Hall–Kier alpha value is -4.58. The number of halogens is 4. The Labute approximate surface area is 294 Å². The van der Waals surface area contributed by atoms with Crippen LogP contribution in [-0.2, 0) is 0 Å². The van der Waals surface area contributed by atoms with Gasteiger partial charge in [0.05, 0.1) is 38.8 Å².